The van der Waals surface area contributed by atoms with Crippen molar-refractivity contribution in [2.45, 2.75) is 57.0 Å². The van der Waals surface area contributed by atoms with E-state index in [-0.39, 0.29) is 12.2 Å². The van der Waals surface area contributed by atoms with Gasteiger partial charge in [0.25, 0.3) is 0 Å². The predicted octanol–water partition coefficient (Wildman–Crippen LogP) is 4.75. The molecule has 0 saturated carbocycles. The molecule has 3 aliphatic rings. The van der Waals surface area contributed by atoms with Gasteiger partial charge in [0.1, 0.15) is 0 Å². The molecule has 2 unspecified atom stereocenters. The first-order chi connectivity index (χ1) is 14.3. The van der Waals surface area contributed by atoms with Gasteiger partial charge in [-0.2, -0.15) is 0 Å². The molecule has 3 aliphatic heterocycles. The minimum atomic E-state index is -0.324. The molecular formula is C25H29NO3. The van der Waals surface area contributed by atoms with E-state index in [1.165, 1.54) is 24.8 Å². The molecule has 2 aromatic rings. The average molecular weight is 392 g/mol. The highest BCUT2D eigenvalue weighted by Gasteiger charge is 2.40. The van der Waals surface area contributed by atoms with E-state index < -0.39 is 0 Å². The van der Waals surface area contributed by atoms with Gasteiger partial charge in [-0.3, -0.25) is 9.69 Å². The molecule has 2 atom stereocenters. The second kappa shape index (κ2) is 8.39. The highest BCUT2D eigenvalue weighted by molar-refractivity contribution is 5.98. The fourth-order valence-electron chi connectivity index (χ4n) is 5.37. The average Bonchev–Trinajstić information content (AvgIpc) is 3.29. The van der Waals surface area contributed by atoms with Crippen molar-refractivity contribution in [2.75, 3.05) is 13.2 Å². The number of fused-ring (bicyclic) bond motifs is 2. The van der Waals surface area contributed by atoms with Gasteiger partial charge in [-0.15, -0.1) is 0 Å². The Morgan fingerprint density at radius 1 is 0.931 bits per heavy atom. The van der Waals surface area contributed by atoms with Crippen molar-refractivity contribution in [1.29, 1.82) is 0 Å². The van der Waals surface area contributed by atoms with Crippen LogP contribution in [0.2, 0.25) is 0 Å². The van der Waals surface area contributed by atoms with Crippen LogP contribution < -0.4 is 0 Å². The third kappa shape index (κ3) is 4.02. The Bertz CT molecular complexity index is 832. The quantitative estimate of drug-likeness (QED) is 0.690. The third-order valence-electron chi connectivity index (χ3n) is 6.77. The van der Waals surface area contributed by atoms with Crippen LogP contribution in [-0.2, 0) is 16.0 Å². The van der Waals surface area contributed by atoms with Crippen molar-refractivity contribution >= 4 is 5.78 Å². The van der Waals surface area contributed by atoms with E-state index in [4.69, 9.17) is 9.47 Å². The lowest BCUT2D eigenvalue weighted by molar-refractivity contribution is -0.0441. The molecule has 3 saturated heterocycles. The van der Waals surface area contributed by atoms with Crippen LogP contribution in [-0.4, -0.2) is 36.0 Å². The lowest BCUT2D eigenvalue weighted by Crippen LogP contribution is -2.52. The molecule has 0 N–H and O–H groups in total. The number of nitrogens with zero attached hydrogens (tertiary/aromatic N) is 1. The molecule has 4 heteroatoms. The Balaban J connectivity index is 1.30. The topological polar surface area (TPSA) is 38.8 Å². The van der Waals surface area contributed by atoms with Crippen molar-refractivity contribution in [2.24, 2.45) is 5.92 Å². The zero-order valence-corrected chi connectivity index (χ0v) is 16.8. The number of ketones is 1. The van der Waals surface area contributed by atoms with Crippen LogP contribution in [0.15, 0.2) is 54.6 Å². The Kier molecular flexibility index (Phi) is 5.49. The third-order valence-corrected chi connectivity index (χ3v) is 6.77. The van der Waals surface area contributed by atoms with Gasteiger partial charge in [0.05, 0.1) is 13.2 Å². The largest absolute Gasteiger partial charge is 0.346 e. The van der Waals surface area contributed by atoms with E-state index in [2.05, 4.69) is 35.2 Å². The van der Waals surface area contributed by atoms with Gasteiger partial charge >= 0.3 is 0 Å². The molecule has 2 bridgehead atoms. The van der Waals surface area contributed by atoms with Gasteiger partial charge in [0, 0.05) is 35.7 Å². The van der Waals surface area contributed by atoms with E-state index in [0.717, 1.165) is 30.5 Å². The predicted molar refractivity (Wildman–Crippen MR) is 112 cm³/mol. The zero-order valence-electron chi connectivity index (χ0n) is 16.8. The van der Waals surface area contributed by atoms with Crippen LogP contribution in [0.4, 0.5) is 0 Å². The van der Waals surface area contributed by atoms with Crippen LogP contribution >= 0.6 is 0 Å². The number of carbonyl (C=O) groups is 1. The second-order valence-corrected chi connectivity index (χ2v) is 8.63. The van der Waals surface area contributed by atoms with Gasteiger partial charge in [-0.25, -0.2) is 0 Å². The summed E-state index contributed by atoms with van der Waals surface area (Å²) in [7, 11) is 0. The van der Waals surface area contributed by atoms with E-state index in [1.807, 2.05) is 24.3 Å². The van der Waals surface area contributed by atoms with Gasteiger partial charge in [-0.1, -0.05) is 55.0 Å². The maximum Gasteiger partial charge on any atom is 0.184 e. The zero-order chi connectivity index (χ0) is 19.6. The maximum absolute atomic E-state index is 13.4. The Labute approximate surface area is 172 Å². The first-order valence-corrected chi connectivity index (χ1v) is 10.9. The van der Waals surface area contributed by atoms with Crippen molar-refractivity contribution < 1.29 is 14.3 Å². The molecule has 4 nitrogen and oxygen atoms in total. The molecule has 152 valence electrons. The molecule has 3 fully saturated rings. The van der Waals surface area contributed by atoms with Crippen molar-refractivity contribution in [3.63, 3.8) is 0 Å². The molecule has 5 rings (SSSR count). The van der Waals surface area contributed by atoms with Crippen LogP contribution in [0.1, 0.15) is 59.9 Å². The van der Waals surface area contributed by atoms with Crippen LogP contribution in [0.5, 0.6) is 0 Å². The van der Waals surface area contributed by atoms with Crippen LogP contribution in [0.3, 0.4) is 0 Å². The van der Waals surface area contributed by atoms with E-state index in [0.29, 0.717) is 31.1 Å². The summed E-state index contributed by atoms with van der Waals surface area (Å²) in [5, 5.41) is 0. The maximum atomic E-state index is 13.4. The monoisotopic (exact) mass is 391 g/mol. The standard InChI is InChI=1S/C25H29NO3/c27-24(19-8-4-9-20(14-19)25-28-12-13-29-25)21-15-22-10-5-11-23(16-21)26(22)17-18-6-2-1-3-7-18/h1-4,6-9,14,21-23,25H,5,10-13,15-17H2. The molecular weight excluding hydrogens is 362 g/mol. The van der Waals surface area contributed by atoms with E-state index in [9.17, 15) is 4.79 Å². The van der Waals surface area contributed by atoms with Crippen LogP contribution in [0, 0.1) is 5.92 Å². The van der Waals surface area contributed by atoms with Gasteiger partial charge in [0.2, 0.25) is 0 Å². The molecule has 0 aliphatic carbocycles. The van der Waals surface area contributed by atoms with Crippen molar-refractivity contribution in [1.82, 2.24) is 4.90 Å². The van der Waals surface area contributed by atoms with Crippen molar-refractivity contribution in [3.8, 4) is 0 Å². The first kappa shape index (κ1) is 19.0. The Hall–Kier alpha value is -2.01. The number of rotatable bonds is 5. The minimum absolute atomic E-state index is 0.123. The number of Topliss-reactive ketones (excluding diaryl/α,β-unsaturated/α-hetero) is 1. The SMILES string of the molecule is O=C(c1cccc(C2OCCO2)c1)C1CC2CCCC(C1)N2Cc1ccccc1. The number of hydrogen-bond acceptors (Lipinski definition) is 4. The summed E-state index contributed by atoms with van der Waals surface area (Å²) in [5.74, 6) is 0.416. The fourth-order valence-corrected chi connectivity index (χ4v) is 5.37. The highest BCUT2D eigenvalue weighted by atomic mass is 16.7. The number of benzene rings is 2. The molecule has 29 heavy (non-hydrogen) atoms. The number of hydrogen-bond donors (Lipinski definition) is 0. The summed E-state index contributed by atoms with van der Waals surface area (Å²) < 4.78 is 11.2. The molecule has 0 radical (unpaired) electrons. The highest BCUT2D eigenvalue weighted by Crippen LogP contribution is 2.39. The summed E-state index contributed by atoms with van der Waals surface area (Å²) in [5.41, 5.74) is 3.13. The molecule has 2 aromatic carbocycles. The fraction of sp³-hybridized carbons (Fsp3) is 0.480. The first-order valence-electron chi connectivity index (χ1n) is 10.9. The molecule has 0 aromatic heterocycles. The normalized spacial score (nSPS) is 27.8. The number of ether oxygens (including phenoxy) is 2. The second-order valence-electron chi connectivity index (χ2n) is 8.63. The summed E-state index contributed by atoms with van der Waals surface area (Å²) in [4.78, 5) is 16.0. The lowest BCUT2D eigenvalue weighted by atomic mass is 9.75. The van der Waals surface area contributed by atoms with Crippen LogP contribution in [0.25, 0.3) is 0 Å². The van der Waals surface area contributed by atoms with Gasteiger partial charge in [0.15, 0.2) is 12.1 Å². The Morgan fingerprint density at radius 3 is 2.38 bits per heavy atom. The molecule has 3 heterocycles. The summed E-state index contributed by atoms with van der Waals surface area (Å²) >= 11 is 0. The number of carbonyl (C=O) groups excluding carboxylic acids is 1. The lowest BCUT2D eigenvalue weighted by Gasteiger charge is -2.48. The molecule has 0 spiro atoms. The van der Waals surface area contributed by atoms with Gasteiger partial charge < -0.3 is 9.47 Å². The van der Waals surface area contributed by atoms with E-state index in [1.54, 1.807) is 0 Å². The molecule has 0 amide bonds. The van der Waals surface area contributed by atoms with E-state index >= 15 is 0 Å². The summed E-state index contributed by atoms with van der Waals surface area (Å²) in [6.07, 6.45) is 5.32. The smallest absolute Gasteiger partial charge is 0.184 e. The summed E-state index contributed by atoms with van der Waals surface area (Å²) in [6, 6.07) is 19.6. The minimum Gasteiger partial charge on any atom is -0.346 e. The number of piperidine rings is 2. The summed E-state index contributed by atoms with van der Waals surface area (Å²) in [6.45, 7) is 2.24. The van der Waals surface area contributed by atoms with Crippen molar-refractivity contribution in [3.05, 3.63) is 71.3 Å². The Morgan fingerprint density at radius 2 is 1.66 bits per heavy atom. The van der Waals surface area contributed by atoms with Gasteiger partial charge in [-0.05, 0) is 37.3 Å².